The van der Waals surface area contributed by atoms with Gasteiger partial charge in [0.1, 0.15) is 0 Å². The van der Waals surface area contributed by atoms with E-state index in [1.54, 1.807) is 18.3 Å². The summed E-state index contributed by atoms with van der Waals surface area (Å²) in [5.41, 5.74) is 0.173. The van der Waals surface area contributed by atoms with Crippen molar-refractivity contribution in [2.24, 2.45) is 5.41 Å². The van der Waals surface area contributed by atoms with Gasteiger partial charge in [-0.2, -0.15) is 0 Å². The molecule has 12 heavy (non-hydrogen) atoms. The van der Waals surface area contributed by atoms with Gasteiger partial charge in [0.15, 0.2) is 5.78 Å². The summed E-state index contributed by atoms with van der Waals surface area (Å²) in [5, 5.41) is 8.99. The van der Waals surface area contributed by atoms with Crippen LogP contribution in [0.3, 0.4) is 0 Å². The molecule has 1 aliphatic rings. The lowest BCUT2D eigenvalue weighted by atomic mass is 10.00. The fourth-order valence-electron chi connectivity index (χ4n) is 1.37. The molecule has 1 aromatic rings. The molecule has 2 rings (SSSR count). The first kappa shape index (κ1) is 7.55. The topological polar surface area (TPSA) is 53.1 Å². The normalized spacial score (nSPS) is 19.1. The van der Waals surface area contributed by atoms with E-state index in [2.05, 4.69) is 4.98 Å². The van der Waals surface area contributed by atoms with Gasteiger partial charge in [0.05, 0.1) is 17.7 Å². The number of hydrogen-bond donors (Lipinski definition) is 2. The second-order valence-electron chi connectivity index (χ2n) is 3.35. The molecule has 2 N–H and O–H groups in total. The van der Waals surface area contributed by atoms with Gasteiger partial charge in [0, 0.05) is 6.20 Å². The molecule has 1 aliphatic carbocycles. The number of aromatic amines is 1. The van der Waals surface area contributed by atoms with Crippen LogP contribution in [0.5, 0.6) is 0 Å². The lowest BCUT2D eigenvalue weighted by molar-refractivity contribution is 0.0825. The van der Waals surface area contributed by atoms with Gasteiger partial charge in [-0.15, -0.1) is 0 Å². The molecule has 0 aliphatic heterocycles. The van der Waals surface area contributed by atoms with E-state index < -0.39 is 5.41 Å². The van der Waals surface area contributed by atoms with Gasteiger partial charge in [0.25, 0.3) is 0 Å². The Balaban J connectivity index is 2.21. The van der Waals surface area contributed by atoms with Crippen LogP contribution in [0.15, 0.2) is 18.3 Å². The van der Waals surface area contributed by atoms with E-state index in [4.69, 9.17) is 5.11 Å². The summed E-state index contributed by atoms with van der Waals surface area (Å²) in [5.74, 6) is 0.0509. The van der Waals surface area contributed by atoms with Crippen molar-refractivity contribution in [3.8, 4) is 0 Å². The number of rotatable bonds is 3. The molecule has 1 aromatic heterocycles. The molecule has 3 nitrogen and oxygen atoms in total. The molecule has 0 amide bonds. The zero-order valence-electron chi connectivity index (χ0n) is 6.71. The van der Waals surface area contributed by atoms with E-state index in [9.17, 15) is 4.79 Å². The third-order valence-electron chi connectivity index (χ3n) is 2.48. The van der Waals surface area contributed by atoms with Crippen molar-refractivity contribution in [2.75, 3.05) is 6.61 Å². The standard InChI is InChI=1S/C9H11NO2/c11-6-9(3-4-9)8(12)7-2-1-5-10-7/h1-2,5,10-11H,3-4,6H2. The van der Waals surface area contributed by atoms with Crippen molar-refractivity contribution in [3.05, 3.63) is 24.0 Å². The second kappa shape index (κ2) is 2.45. The van der Waals surface area contributed by atoms with Gasteiger partial charge >= 0.3 is 0 Å². The predicted molar refractivity (Wildman–Crippen MR) is 43.9 cm³/mol. The van der Waals surface area contributed by atoms with Crippen molar-refractivity contribution in [2.45, 2.75) is 12.8 Å². The first-order valence-corrected chi connectivity index (χ1v) is 4.08. The van der Waals surface area contributed by atoms with Crippen molar-refractivity contribution >= 4 is 5.78 Å². The molecule has 0 unspecified atom stereocenters. The number of aromatic nitrogens is 1. The van der Waals surface area contributed by atoms with Crippen molar-refractivity contribution in [1.29, 1.82) is 0 Å². The van der Waals surface area contributed by atoms with Crippen LogP contribution in [-0.4, -0.2) is 22.5 Å². The summed E-state index contributed by atoms with van der Waals surface area (Å²) < 4.78 is 0. The number of aliphatic hydroxyl groups excluding tert-OH is 1. The van der Waals surface area contributed by atoms with Gasteiger partial charge in [-0.25, -0.2) is 0 Å². The molecule has 1 heterocycles. The van der Waals surface area contributed by atoms with E-state index in [1.807, 2.05) is 0 Å². The highest BCUT2D eigenvalue weighted by Gasteiger charge is 2.49. The summed E-state index contributed by atoms with van der Waals surface area (Å²) in [4.78, 5) is 14.5. The highest BCUT2D eigenvalue weighted by Crippen LogP contribution is 2.47. The Kier molecular flexibility index (Phi) is 1.54. The highest BCUT2D eigenvalue weighted by atomic mass is 16.3. The average molecular weight is 165 g/mol. The van der Waals surface area contributed by atoms with E-state index in [-0.39, 0.29) is 12.4 Å². The van der Waals surface area contributed by atoms with E-state index in [0.717, 1.165) is 12.8 Å². The van der Waals surface area contributed by atoms with Gasteiger partial charge in [-0.1, -0.05) is 0 Å². The SMILES string of the molecule is O=C(c1ccc[nH]1)C1(CO)CC1. The maximum Gasteiger partial charge on any atom is 0.187 e. The molecule has 1 fully saturated rings. The van der Waals surface area contributed by atoms with Gasteiger partial charge in [-0.3, -0.25) is 4.79 Å². The summed E-state index contributed by atoms with van der Waals surface area (Å²) in [7, 11) is 0. The van der Waals surface area contributed by atoms with Crippen molar-refractivity contribution in [1.82, 2.24) is 4.98 Å². The molecule has 0 atom stereocenters. The Morgan fingerprint density at radius 2 is 2.42 bits per heavy atom. The highest BCUT2D eigenvalue weighted by molar-refractivity contribution is 6.00. The predicted octanol–water partition coefficient (Wildman–Crippen LogP) is 0.970. The molecule has 0 aromatic carbocycles. The second-order valence-corrected chi connectivity index (χ2v) is 3.35. The summed E-state index contributed by atoms with van der Waals surface area (Å²) in [6, 6.07) is 3.54. The van der Waals surface area contributed by atoms with Crippen LogP contribution in [0.2, 0.25) is 0 Å². The summed E-state index contributed by atoms with van der Waals surface area (Å²) in [6.45, 7) is -0.0230. The molecular weight excluding hydrogens is 154 g/mol. The van der Waals surface area contributed by atoms with Crippen LogP contribution in [0.25, 0.3) is 0 Å². The minimum absolute atomic E-state index is 0.0230. The van der Waals surface area contributed by atoms with Gasteiger partial charge < -0.3 is 10.1 Å². The maximum atomic E-state index is 11.6. The number of ketones is 1. The first-order valence-electron chi connectivity index (χ1n) is 4.08. The molecule has 3 heteroatoms. The molecule has 0 spiro atoms. The van der Waals surface area contributed by atoms with Crippen molar-refractivity contribution in [3.63, 3.8) is 0 Å². The Morgan fingerprint density at radius 3 is 2.83 bits per heavy atom. The quantitative estimate of drug-likeness (QED) is 0.656. The van der Waals surface area contributed by atoms with Crippen LogP contribution >= 0.6 is 0 Å². The number of aliphatic hydroxyl groups is 1. The molecule has 0 bridgehead atoms. The fraction of sp³-hybridized carbons (Fsp3) is 0.444. The lowest BCUT2D eigenvalue weighted by Gasteiger charge is -2.07. The Morgan fingerprint density at radius 1 is 1.67 bits per heavy atom. The Labute approximate surface area is 70.4 Å². The van der Waals surface area contributed by atoms with Gasteiger partial charge in [-0.05, 0) is 25.0 Å². The maximum absolute atomic E-state index is 11.6. The summed E-state index contributed by atoms with van der Waals surface area (Å²) >= 11 is 0. The molecule has 1 saturated carbocycles. The van der Waals surface area contributed by atoms with Gasteiger partial charge in [0.2, 0.25) is 0 Å². The number of Topliss-reactive ketones (excluding diaryl/α,β-unsaturated/α-hetero) is 1. The van der Waals surface area contributed by atoms with Crippen LogP contribution in [0.1, 0.15) is 23.3 Å². The zero-order chi connectivity index (χ0) is 8.60. The van der Waals surface area contributed by atoms with E-state index in [0.29, 0.717) is 5.69 Å². The number of H-pyrrole nitrogens is 1. The monoisotopic (exact) mass is 165 g/mol. The fourth-order valence-corrected chi connectivity index (χ4v) is 1.37. The molecule has 64 valence electrons. The smallest absolute Gasteiger partial charge is 0.187 e. The minimum atomic E-state index is -0.440. The molecule has 0 radical (unpaired) electrons. The third-order valence-corrected chi connectivity index (χ3v) is 2.48. The molecule has 0 saturated heterocycles. The lowest BCUT2D eigenvalue weighted by Crippen LogP contribution is -2.20. The van der Waals surface area contributed by atoms with Crippen LogP contribution in [-0.2, 0) is 0 Å². The first-order chi connectivity index (χ1) is 5.78. The van der Waals surface area contributed by atoms with Crippen LogP contribution in [0.4, 0.5) is 0 Å². The molecular formula is C9H11NO2. The number of carbonyl (C=O) groups is 1. The van der Waals surface area contributed by atoms with Crippen molar-refractivity contribution < 1.29 is 9.90 Å². The number of nitrogens with one attached hydrogen (secondary N) is 1. The Bertz CT molecular complexity index is 285. The van der Waals surface area contributed by atoms with Crippen LogP contribution < -0.4 is 0 Å². The zero-order valence-corrected chi connectivity index (χ0v) is 6.71. The average Bonchev–Trinajstić information content (AvgIpc) is 2.71. The summed E-state index contributed by atoms with van der Waals surface area (Å²) in [6.07, 6.45) is 3.36. The van der Waals surface area contributed by atoms with E-state index in [1.165, 1.54) is 0 Å². The largest absolute Gasteiger partial charge is 0.395 e. The number of hydrogen-bond acceptors (Lipinski definition) is 2. The third kappa shape index (κ3) is 0.975. The number of carbonyl (C=O) groups excluding carboxylic acids is 1. The van der Waals surface area contributed by atoms with E-state index >= 15 is 0 Å². The Hall–Kier alpha value is -1.09. The van der Waals surface area contributed by atoms with Crippen LogP contribution in [0, 0.1) is 5.41 Å². The minimum Gasteiger partial charge on any atom is -0.395 e.